The number of nitrogens with zero attached hydrogens (tertiary/aromatic N) is 2. The lowest BCUT2D eigenvalue weighted by atomic mass is 9.94. The van der Waals surface area contributed by atoms with E-state index in [0.29, 0.717) is 44.0 Å². The van der Waals surface area contributed by atoms with Gasteiger partial charge < -0.3 is 20.3 Å². The molecule has 1 amide bonds. The molecule has 2 aromatic carbocycles. The normalized spacial score (nSPS) is 19.6. The molecule has 0 aliphatic carbocycles. The summed E-state index contributed by atoms with van der Waals surface area (Å²) < 4.78 is 20.8. The van der Waals surface area contributed by atoms with E-state index in [1.807, 2.05) is 55.1 Å². The van der Waals surface area contributed by atoms with Crippen LogP contribution in [0.3, 0.4) is 0 Å². The van der Waals surface area contributed by atoms with Crippen LogP contribution < -0.4 is 10.5 Å². The van der Waals surface area contributed by atoms with Gasteiger partial charge in [-0.25, -0.2) is 4.39 Å². The number of alkyl halides is 1. The minimum atomic E-state index is -1.05. The summed E-state index contributed by atoms with van der Waals surface area (Å²) in [4.78, 5) is 17.0. The average molecular weight is 496 g/mol. The zero-order chi connectivity index (χ0) is 25.5. The van der Waals surface area contributed by atoms with Gasteiger partial charge in [-0.3, -0.25) is 4.79 Å². The Hall–Kier alpha value is -2.44. The second-order valence-electron chi connectivity index (χ2n) is 10.5. The van der Waals surface area contributed by atoms with Crippen molar-refractivity contribution in [2.45, 2.75) is 64.1 Å². The number of amides is 1. The molecular formula is C30H42FN3O2. The SMILES string of the molecule is CCC(F)(CC)CN1CCC(COc2ccc(-c3ccc(C(=O)N4CCC[C@@H]4CN)cc3)cc2)CC1. The monoisotopic (exact) mass is 495 g/mol. The lowest BCUT2D eigenvalue weighted by molar-refractivity contribution is 0.0568. The molecule has 2 fully saturated rings. The number of carbonyl (C=O) groups excluding carboxylic acids is 1. The zero-order valence-corrected chi connectivity index (χ0v) is 21.9. The third-order valence-electron chi connectivity index (χ3n) is 8.20. The van der Waals surface area contributed by atoms with Crippen molar-refractivity contribution < 1.29 is 13.9 Å². The Balaban J connectivity index is 1.25. The van der Waals surface area contributed by atoms with Crippen LogP contribution in [0.5, 0.6) is 5.75 Å². The van der Waals surface area contributed by atoms with E-state index in [9.17, 15) is 9.18 Å². The number of rotatable bonds is 10. The highest BCUT2D eigenvalue weighted by molar-refractivity contribution is 5.95. The molecule has 4 rings (SSSR count). The van der Waals surface area contributed by atoms with Crippen LogP contribution in [-0.2, 0) is 0 Å². The first-order valence-electron chi connectivity index (χ1n) is 13.7. The smallest absolute Gasteiger partial charge is 0.254 e. The van der Waals surface area contributed by atoms with Crippen molar-refractivity contribution in [1.29, 1.82) is 0 Å². The Morgan fingerprint density at radius 1 is 0.972 bits per heavy atom. The number of halogens is 1. The Bertz CT molecular complexity index is 967. The Kier molecular flexibility index (Phi) is 9.02. The van der Waals surface area contributed by atoms with Crippen molar-refractivity contribution in [3.63, 3.8) is 0 Å². The van der Waals surface area contributed by atoms with Crippen LogP contribution >= 0.6 is 0 Å². The molecule has 2 aliphatic heterocycles. The highest BCUT2D eigenvalue weighted by Crippen LogP contribution is 2.27. The van der Waals surface area contributed by atoms with E-state index in [4.69, 9.17) is 10.5 Å². The summed E-state index contributed by atoms with van der Waals surface area (Å²) in [5.74, 6) is 1.45. The van der Waals surface area contributed by atoms with Gasteiger partial charge in [-0.2, -0.15) is 0 Å². The lowest BCUT2D eigenvalue weighted by Crippen LogP contribution is -2.44. The van der Waals surface area contributed by atoms with Gasteiger partial charge in [0.1, 0.15) is 11.4 Å². The number of nitrogens with two attached hydrogens (primary N) is 1. The van der Waals surface area contributed by atoms with Crippen molar-refractivity contribution in [1.82, 2.24) is 9.80 Å². The minimum absolute atomic E-state index is 0.0730. The summed E-state index contributed by atoms with van der Waals surface area (Å²) in [5, 5.41) is 0. The number of piperidine rings is 1. The number of hydrogen-bond acceptors (Lipinski definition) is 4. The lowest BCUT2D eigenvalue weighted by Gasteiger charge is -2.36. The van der Waals surface area contributed by atoms with Gasteiger partial charge in [0.05, 0.1) is 6.61 Å². The molecule has 1 atom stereocenters. The molecule has 2 aromatic rings. The predicted octanol–water partition coefficient (Wildman–Crippen LogP) is 5.54. The molecule has 0 radical (unpaired) electrons. The average Bonchev–Trinajstić information content (AvgIpc) is 3.42. The van der Waals surface area contributed by atoms with Gasteiger partial charge in [-0.1, -0.05) is 38.1 Å². The van der Waals surface area contributed by atoms with E-state index in [1.54, 1.807) is 0 Å². The van der Waals surface area contributed by atoms with E-state index in [-0.39, 0.29) is 11.9 Å². The fourth-order valence-electron chi connectivity index (χ4n) is 5.46. The summed E-state index contributed by atoms with van der Waals surface area (Å²) in [6.45, 7) is 8.35. The maximum absolute atomic E-state index is 14.7. The maximum Gasteiger partial charge on any atom is 0.254 e. The van der Waals surface area contributed by atoms with Crippen LogP contribution in [0.25, 0.3) is 11.1 Å². The number of ether oxygens (including phenoxy) is 1. The third kappa shape index (κ3) is 6.46. The highest BCUT2D eigenvalue weighted by atomic mass is 19.1. The van der Waals surface area contributed by atoms with Gasteiger partial charge in [0.2, 0.25) is 0 Å². The molecule has 5 nitrogen and oxygen atoms in total. The minimum Gasteiger partial charge on any atom is -0.493 e. The predicted molar refractivity (Wildman–Crippen MR) is 144 cm³/mol. The molecule has 0 unspecified atom stereocenters. The van der Waals surface area contributed by atoms with Crippen LogP contribution in [0.4, 0.5) is 4.39 Å². The molecule has 0 bridgehead atoms. The molecular weight excluding hydrogens is 453 g/mol. The fourth-order valence-corrected chi connectivity index (χ4v) is 5.46. The second kappa shape index (κ2) is 12.2. The van der Waals surface area contributed by atoms with E-state index < -0.39 is 5.67 Å². The van der Waals surface area contributed by atoms with Gasteiger partial charge in [0.15, 0.2) is 0 Å². The quantitative estimate of drug-likeness (QED) is 0.470. The Labute approximate surface area is 215 Å². The van der Waals surface area contributed by atoms with Gasteiger partial charge in [0, 0.05) is 31.2 Å². The largest absolute Gasteiger partial charge is 0.493 e. The van der Waals surface area contributed by atoms with Crippen LogP contribution in [0, 0.1) is 5.92 Å². The van der Waals surface area contributed by atoms with Gasteiger partial charge in [0.25, 0.3) is 5.91 Å². The number of carbonyl (C=O) groups is 1. The van der Waals surface area contributed by atoms with E-state index in [2.05, 4.69) is 17.0 Å². The summed E-state index contributed by atoms with van der Waals surface area (Å²) in [5.41, 5.74) is 7.66. The fraction of sp³-hybridized carbons (Fsp3) is 0.567. The van der Waals surface area contributed by atoms with Crippen molar-refractivity contribution >= 4 is 5.91 Å². The number of benzene rings is 2. The van der Waals surface area contributed by atoms with Crippen molar-refractivity contribution in [2.24, 2.45) is 11.7 Å². The molecule has 36 heavy (non-hydrogen) atoms. The van der Waals surface area contributed by atoms with Crippen molar-refractivity contribution in [3.8, 4) is 16.9 Å². The van der Waals surface area contributed by atoms with Crippen LogP contribution in [-0.4, -0.2) is 66.7 Å². The number of hydrogen-bond donors (Lipinski definition) is 1. The van der Waals surface area contributed by atoms with Crippen molar-refractivity contribution in [2.75, 3.05) is 39.3 Å². The topological polar surface area (TPSA) is 58.8 Å². The van der Waals surface area contributed by atoms with Crippen LogP contribution in [0.2, 0.25) is 0 Å². The molecule has 2 heterocycles. The molecule has 6 heteroatoms. The van der Waals surface area contributed by atoms with E-state index in [1.165, 1.54) is 0 Å². The van der Waals surface area contributed by atoms with Gasteiger partial charge in [-0.15, -0.1) is 0 Å². The molecule has 0 spiro atoms. The molecule has 196 valence electrons. The first kappa shape index (κ1) is 26.6. The summed E-state index contributed by atoms with van der Waals surface area (Å²) in [6.07, 6.45) is 5.28. The standard InChI is InChI=1S/C30H42FN3O2/c1-3-30(31,4-2)22-33-18-15-23(16-19-33)21-36-28-13-11-25(12-14-28)24-7-9-26(10-8-24)29(35)34-17-5-6-27(34)20-32/h7-14,23,27H,3-6,15-22,32H2,1-2H3/t27-/m1/s1. The first-order chi connectivity index (χ1) is 17.4. The van der Waals surface area contributed by atoms with Gasteiger partial charge >= 0.3 is 0 Å². The summed E-state index contributed by atoms with van der Waals surface area (Å²) in [6, 6.07) is 16.2. The van der Waals surface area contributed by atoms with Crippen LogP contribution in [0.1, 0.15) is 62.7 Å². The number of likely N-dealkylation sites (tertiary alicyclic amines) is 2. The first-order valence-corrected chi connectivity index (χ1v) is 13.7. The van der Waals surface area contributed by atoms with Gasteiger partial charge in [-0.05, 0) is 92.9 Å². The summed E-state index contributed by atoms with van der Waals surface area (Å²) in [7, 11) is 0. The molecule has 2 N–H and O–H groups in total. The Morgan fingerprint density at radius 2 is 1.58 bits per heavy atom. The summed E-state index contributed by atoms with van der Waals surface area (Å²) >= 11 is 0. The van der Waals surface area contributed by atoms with E-state index in [0.717, 1.165) is 62.2 Å². The molecule has 2 aliphatic rings. The molecule has 0 saturated carbocycles. The molecule has 2 saturated heterocycles. The van der Waals surface area contributed by atoms with E-state index >= 15 is 0 Å². The molecule has 0 aromatic heterocycles. The Morgan fingerprint density at radius 3 is 2.17 bits per heavy atom. The highest BCUT2D eigenvalue weighted by Gasteiger charge is 2.30. The zero-order valence-electron chi connectivity index (χ0n) is 21.9. The third-order valence-corrected chi connectivity index (χ3v) is 8.20. The second-order valence-corrected chi connectivity index (χ2v) is 10.5. The van der Waals surface area contributed by atoms with Crippen molar-refractivity contribution in [3.05, 3.63) is 54.1 Å². The maximum atomic E-state index is 14.7. The van der Waals surface area contributed by atoms with Crippen LogP contribution in [0.15, 0.2) is 48.5 Å².